The lowest BCUT2D eigenvalue weighted by molar-refractivity contribution is -0.132. The normalized spacial score (nSPS) is 11.8. The van der Waals surface area contributed by atoms with Crippen molar-refractivity contribution in [3.05, 3.63) is 88.1 Å². The molecule has 0 spiro atoms. The van der Waals surface area contributed by atoms with E-state index in [0.29, 0.717) is 13.1 Å². The largest absolute Gasteiger partial charge is 0.332 e. The van der Waals surface area contributed by atoms with Crippen LogP contribution in [-0.4, -0.2) is 36.6 Å². The number of hydrogen-bond donors (Lipinski definition) is 0. The van der Waals surface area contributed by atoms with E-state index in [-0.39, 0.29) is 29.8 Å². The third-order valence-electron chi connectivity index (χ3n) is 5.13. The minimum Gasteiger partial charge on any atom is -0.332 e. The maximum absolute atomic E-state index is 13.5. The van der Waals surface area contributed by atoms with Gasteiger partial charge in [0.1, 0.15) is 0 Å². The lowest BCUT2D eigenvalue weighted by atomic mass is 10.2. The Morgan fingerprint density at radius 2 is 1.56 bits per heavy atom. The van der Waals surface area contributed by atoms with E-state index >= 15 is 0 Å². The quantitative estimate of drug-likeness (QED) is 0.422. The molecule has 7 heteroatoms. The van der Waals surface area contributed by atoms with Crippen LogP contribution in [0.4, 0.5) is 0 Å². The van der Waals surface area contributed by atoms with Crippen LogP contribution in [0.25, 0.3) is 0 Å². The molecule has 0 aliphatic rings. The summed E-state index contributed by atoms with van der Waals surface area (Å²) in [5, 5.41) is 2.01. The fraction of sp³-hybridized carbons (Fsp3) is 0.320. The number of nitrogens with zero attached hydrogens (tertiary/aromatic N) is 2. The third kappa shape index (κ3) is 6.28. The second-order valence-corrected chi connectivity index (χ2v) is 11.2. The molecular formula is C25H30N2O3S2. The summed E-state index contributed by atoms with van der Waals surface area (Å²) in [6, 6.07) is 20.1. The van der Waals surface area contributed by atoms with Crippen LogP contribution in [0.3, 0.4) is 0 Å². The number of hydrogen-bond acceptors (Lipinski definition) is 4. The number of aryl methyl sites for hydroxylation is 1. The van der Waals surface area contributed by atoms with Crippen molar-refractivity contribution in [1.29, 1.82) is 0 Å². The van der Waals surface area contributed by atoms with Crippen molar-refractivity contribution in [3.63, 3.8) is 0 Å². The summed E-state index contributed by atoms with van der Waals surface area (Å²) in [5.41, 5.74) is 2.15. The van der Waals surface area contributed by atoms with Crippen molar-refractivity contribution in [2.24, 2.45) is 5.92 Å². The first kappa shape index (κ1) is 24.2. The summed E-state index contributed by atoms with van der Waals surface area (Å²) >= 11 is 1.61. The summed E-state index contributed by atoms with van der Waals surface area (Å²) in [4.78, 5) is 16.5. The highest BCUT2D eigenvalue weighted by molar-refractivity contribution is 7.89. The molecular weight excluding hydrogens is 440 g/mol. The lowest BCUT2D eigenvalue weighted by Gasteiger charge is -2.28. The van der Waals surface area contributed by atoms with Crippen molar-refractivity contribution in [2.45, 2.75) is 38.8 Å². The minimum atomic E-state index is -3.78. The zero-order chi connectivity index (χ0) is 23.1. The van der Waals surface area contributed by atoms with E-state index in [1.165, 1.54) is 4.31 Å². The van der Waals surface area contributed by atoms with Crippen LogP contribution >= 0.6 is 11.3 Å². The Morgan fingerprint density at radius 1 is 0.938 bits per heavy atom. The molecule has 0 radical (unpaired) electrons. The van der Waals surface area contributed by atoms with E-state index in [1.54, 1.807) is 46.6 Å². The molecule has 3 aromatic rings. The van der Waals surface area contributed by atoms with Gasteiger partial charge in [0.05, 0.1) is 18.0 Å². The van der Waals surface area contributed by atoms with E-state index in [0.717, 1.165) is 16.0 Å². The van der Waals surface area contributed by atoms with Crippen LogP contribution in [0.15, 0.2) is 77.0 Å². The van der Waals surface area contributed by atoms with Gasteiger partial charge in [-0.3, -0.25) is 4.79 Å². The molecule has 0 saturated heterocycles. The molecule has 1 heterocycles. The molecule has 32 heavy (non-hydrogen) atoms. The highest BCUT2D eigenvalue weighted by atomic mass is 32.2. The van der Waals surface area contributed by atoms with Crippen molar-refractivity contribution >= 4 is 27.3 Å². The Bertz CT molecular complexity index is 1110. The molecule has 170 valence electrons. The Morgan fingerprint density at radius 3 is 2.12 bits per heavy atom. The van der Waals surface area contributed by atoms with Crippen molar-refractivity contribution in [2.75, 3.05) is 13.1 Å². The molecule has 0 bridgehead atoms. The number of benzene rings is 2. The fourth-order valence-corrected chi connectivity index (χ4v) is 5.92. The number of amides is 1. The molecule has 0 atom stereocenters. The number of sulfonamides is 1. The van der Waals surface area contributed by atoms with Gasteiger partial charge in [-0.15, -0.1) is 11.3 Å². The van der Waals surface area contributed by atoms with E-state index in [2.05, 4.69) is 0 Å². The van der Waals surface area contributed by atoms with Crippen LogP contribution in [0.5, 0.6) is 0 Å². The second kappa shape index (κ2) is 10.9. The summed E-state index contributed by atoms with van der Waals surface area (Å²) in [6.45, 7) is 6.91. The Hall–Kier alpha value is -2.48. The monoisotopic (exact) mass is 470 g/mol. The van der Waals surface area contributed by atoms with Crippen LogP contribution in [0, 0.1) is 12.8 Å². The van der Waals surface area contributed by atoms with Gasteiger partial charge in [0, 0.05) is 18.0 Å². The van der Waals surface area contributed by atoms with Crippen LogP contribution in [0.2, 0.25) is 0 Å². The van der Waals surface area contributed by atoms with Gasteiger partial charge in [-0.2, -0.15) is 4.31 Å². The van der Waals surface area contributed by atoms with Gasteiger partial charge in [0.25, 0.3) is 0 Å². The smallest absolute Gasteiger partial charge is 0.243 e. The topological polar surface area (TPSA) is 57.7 Å². The molecule has 0 saturated carbocycles. The molecule has 1 amide bonds. The van der Waals surface area contributed by atoms with Crippen LogP contribution in [-0.2, 0) is 27.9 Å². The SMILES string of the molecule is Cc1ccsc1CN(Cc1ccccc1)C(=O)CN(CC(C)C)S(=O)(=O)c1ccccc1. The lowest BCUT2D eigenvalue weighted by Crippen LogP contribution is -2.43. The maximum Gasteiger partial charge on any atom is 0.243 e. The fourth-order valence-electron chi connectivity index (χ4n) is 3.42. The van der Waals surface area contributed by atoms with Crippen molar-refractivity contribution in [3.8, 4) is 0 Å². The van der Waals surface area contributed by atoms with E-state index in [4.69, 9.17) is 0 Å². The van der Waals surface area contributed by atoms with Gasteiger partial charge in [-0.25, -0.2) is 8.42 Å². The molecule has 0 unspecified atom stereocenters. The van der Waals surface area contributed by atoms with E-state index in [1.807, 2.05) is 62.5 Å². The van der Waals surface area contributed by atoms with Crippen LogP contribution < -0.4 is 0 Å². The van der Waals surface area contributed by atoms with E-state index < -0.39 is 10.0 Å². The average Bonchev–Trinajstić information content (AvgIpc) is 3.18. The van der Waals surface area contributed by atoms with E-state index in [9.17, 15) is 13.2 Å². The third-order valence-corrected chi connectivity index (χ3v) is 7.97. The Kier molecular flexibility index (Phi) is 8.23. The second-order valence-electron chi connectivity index (χ2n) is 8.27. The molecule has 5 nitrogen and oxygen atoms in total. The first-order valence-electron chi connectivity index (χ1n) is 10.7. The molecule has 1 aromatic heterocycles. The molecule has 0 aliphatic heterocycles. The van der Waals surface area contributed by atoms with Gasteiger partial charge < -0.3 is 4.90 Å². The molecule has 0 N–H and O–H groups in total. The van der Waals surface area contributed by atoms with Crippen LogP contribution in [0.1, 0.15) is 29.9 Å². The zero-order valence-electron chi connectivity index (χ0n) is 18.8. The summed E-state index contributed by atoms with van der Waals surface area (Å²) in [6.07, 6.45) is 0. The average molecular weight is 471 g/mol. The summed E-state index contributed by atoms with van der Waals surface area (Å²) < 4.78 is 27.9. The van der Waals surface area contributed by atoms with Crippen molar-refractivity contribution in [1.82, 2.24) is 9.21 Å². The molecule has 0 aliphatic carbocycles. The number of thiophene rings is 1. The Labute approximate surface area is 195 Å². The first-order valence-corrected chi connectivity index (χ1v) is 13.0. The first-order chi connectivity index (χ1) is 15.3. The number of rotatable bonds is 10. The van der Waals surface area contributed by atoms with Gasteiger partial charge >= 0.3 is 0 Å². The molecule has 2 aromatic carbocycles. The zero-order valence-corrected chi connectivity index (χ0v) is 20.4. The Balaban J connectivity index is 1.87. The summed E-state index contributed by atoms with van der Waals surface area (Å²) in [7, 11) is -3.78. The molecule has 3 rings (SSSR count). The summed E-state index contributed by atoms with van der Waals surface area (Å²) in [5.74, 6) is -0.120. The van der Waals surface area contributed by atoms with Gasteiger partial charge in [-0.05, 0) is 47.5 Å². The molecule has 0 fully saturated rings. The minimum absolute atomic E-state index is 0.0865. The van der Waals surface area contributed by atoms with Gasteiger partial charge in [0.2, 0.25) is 15.9 Å². The predicted molar refractivity (Wildman–Crippen MR) is 130 cm³/mol. The maximum atomic E-state index is 13.5. The number of carbonyl (C=O) groups is 1. The predicted octanol–water partition coefficient (Wildman–Crippen LogP) is 4.93. The standard InChI is InChI=1S/C25H30N2O3S2/c1-20(2)16-27(32(29,30)23-12-8-5-9-13-23)19-25(28)26(17-22-10-6-4-7-11-22)18-24-21(3)14-15-31-24/h4-15,20H,16-19H2,1-3H3. The highest BCUT2D eigenvalue weighted by Gasteiger charge is 2.29. The number of carbonyl (C=O) groups excluding carboxylic acids is 1. The highest BCUT2D eigenvalue weighted by Crippen LogP contribution is 2.21. The van der Waals surface area contributed by atoms with Gasteiger partial charge in [0.15, 0.2) is 0 Å². The van der Waals surface area contributed by atoms with Gasteiger partial charge in [-0.1, -0.05) is 62.4 Å². The van der Waals surface area contributed by atoms with Crippen molar-refractivity contribution < 1.29 is 13.2 Å².